The zero-order valence-electron chi connectivity index (χ0n) is 13.3. The Morgan fingerprint density at radius 1 is 1.04 bits per heavy atom. The monoisotopic (exact) mass is 303 g/mol. The zero-order chi connectivity index (χ0) is 16.4. The Bertz CT molecular complexity index is 866. The van der Waals surface area contributed by atoms with Crippen molar-refractivity contribution in [2.24, 2.45) is 0 Å². The molecule has 0 amide bonds. The molecule has 0 spiro atoms. The van der Waals surface area contributed by atoms with Gasteiger partial charge in [0.15, 0.2) is 0 Å². The Hall–Kier alpha value is -3.06. The van der Waals surface area contributed by atoms with Gasteiger partial charge >= 0.3 is 0 Å². The van der Waals surface area contributed by atoms with Crippen LogP contribution in [-0.2, 0) is 0 Å². The fourth-order valence-corrected chi connectivity index (χ4v) is 2.59. The van der Waals surface area contributed by atoms with Crippen LogP contribution in [0.5, 0.6) is 0 Å². The van der Waals surface area contributed by atoms with Gasteiger partial charge in [0.05, 0.1) is 17.3 Å². The van der Waals surface area contributed by atoms with Crippen molar-refractivity contribution in [2.45, 2.75) is 20.8 Å². The van der Waals surface area contributed by atoms with Gasteiger partial charge in [0, 0.05) is 16.9 Å². The van der Waals surface area contributed by atoms with Crippen molar-refractivity contribution in [1.29, 1.82) is 5.26 Å². The number of nitrogens with zero attached hydrogens (tertiary/aromatic N) is 2. The van der Waals surface area contributed by atoms with E-state index >= 15 is 0 Å². The third-order valence-electron chi connectivity index (χ3n) is 3.85. The van der Waals surface area contributed by atoms with Gasteiger partial charge in [0.1, 0.15) is 5.76 Å². The normalized spacial score (nSPS) is 10.3. The third-order valence-corrected chi connectivity index (χ3v) is 3.85. The lowest BCUT2D eigenvalue weighted by molar-refractivity contribution is 0.393. The minimum absolute atomic E-state index is 0.650. The minimum Gasteiger partial charge on any atom is -0.361 e. The molecule has 0 aliphatic carbocycles. The second kappa shape index (κ2) is 5.98. The molecule has 4 heteroatoms. The molecule has 3 aromatic rings. The van der Waals surface area contributed by atoms with Crippen molar-refractivity contribution >= 4 is 11.4 Å². The summed E-state index contributed by atoms with van der Waals surface area (Å²) in [6, 6.07) is 15.8. The van der Waals surface area contributed by atoms with Crippen LogP contribution in [0.3, 0.4) is 0 Å². The van der Waals surface area contributed by atoms with E-state index in [4.69, 9.17) is 9.78 Å². The highest BCUT2D eigenvalue weighted by molar-refractivity contribution is 5.75. The SMILES string of the molecule is Cc1ccc(-c2c(C)noc2C)cc1Nc1ccc(C#N)cc1. The maximum absolute atomic E-state index is 8.87. The summed E-state index contributed by atoms with van der Waals surface area (Å²) in [5.41, 5.74) is 6.75. The molecule has 0 radical (unpaired) electrons. The van der Waals surface area contributed by atoms with Crippen LogP contribution in [0.25, 0.3) is 11.1 Å². The second-order valence-corrected chi connectivity index (χ2v) is 5.54. The van der Waals surface area contributed by atoms with E-state index in [-0.39, 0.29) is 0 Å². The molecule has 4 nitrogen and oxygen atoms in total. The van der Waals surface area contributed by atoms with Crippen LogP contribution < -0.4 is 5.32 Å². The number of hydrogen-bond donors (Lipinski definition) is 1. The van der Waals surface area contributed by atoms with Gasteiger partial charge in [-0.2, -0.15) is 5.26 Å². The fraction of sp³-hybridized carbons (Fsp3) is 0.158. The summed E-state index contributed by atoms with van der Waals surface area (Å²) in [7, 11) is 0. The average molecular weight is 303 g/mol. The fourth-order valence-electron chi connectivity index (χ4n) is 2.59. The molecule has 0 aliphatic heterocycles. The predicted octanol–water partition coefficient (Wildman–Crippen LogP) is 4.88. The summed E-state index contributed by atoms with van der Waals surface area (Å²) < 4.78 is 5.26. The Balaban J connectivity index is 1.96. The summed E-state index contributed by atoms with van der Waals surface area (Å²) in [5, 5.41) is 16.3. The summed E-state index contributed by atoms with van der Waals surface area (Å²) in [6.45, 7) is 5.92. The highest BCUT2D eigenvalue weighted by Crippen LogP contribution is 2.31. The van der Waals surface area contributed by atoms with Gasteiger partial charge in [0.2, 0.25) is 0 Å². The molecule has 3 rings (SSSR count). The Morgan fingerprint density at radius 3 is 2.39 bits per heavy atom. The Kier molecular flexibility index (Phi) is 3.86. The van der Waals surface area contributed by atoms with Crippen LogP contribution in [0.1, 0.15) is 22.6 Å². The highest BCUT2D eigenvalue weighted by Gasteiger charge is 2.12. The number of aromatic nitrogens is 1. The number of anilines is 2. The number of rotatable bonds is 3. The molecule has 1 N–H and O–H groups in total. The van der Waals surface area contributed by atoms with Crippen LogP contribution in [0.2, 0.25) is 0 Å². The molecule has 114 valence electrons. The van der Waals surface area contributed by atoms with E-state index in [1.807, 2.05) is 26.0 Å². The quantitative estimate of drug-likeness (QED) is 0.749. The Morgan fingerprint density at radius 2 is 1.78 bits per heavy atom. The molecule has 1 heterocycles. The summed E-state index contributed by atoms with van der Waals surface area (Å²) in [6.07, 6.45) is 0. The van der Waals surface area contributed by atoms with Gasteiger partial charge in [0.25, 0.3) is 0 Å². The smallest absolute Gasteiger partial charge is 0.141 e. The first-order chi connectivity index (χ1) is 11.1. The van der Waals surface area contributed by atoms with Crippen molar-refractivity contribution in [3.05, 3.63) is 65.0 Å². The molecule has 0 unspecified atom stereocenters. The number of aryl methyl sites for hydroxylation is 3. The summed E-state index contributed by atoms with van der Waals surface area (Å²) in [5.74, 6) is 0.815. The van der Waals surface area contributed by atoms with E-state index in [9.17, 15) is 0 Å². The zero-order valence-corrected chi connectivity index (χ0v) is 13.3. The molecule has 0 aliphatic rings. The summed E-state index contributed by atoms with van der Waals surface area (Å²) in [4.78, 5) is 0. The van der Waals surface area contributed by atoms with Gasteiger partial charge in [-0.1, -0.05) is 17.3 Å². The van der Waals surface area contributed by atoms with Gasteiger partial charge in [-0.3, -0.25) is 0 Å². The van der Waals surface area contributed by atoms with Gasteiger partial charge in [-0.25, -0.2) is 0 Å². The van der Waals surface area contributed by atoms with Gasteiger partial charge in [-0.15, -0.1) is 0 Å². The van der Waals surface area contributed by atoms with Crippen LogP contribution >= 0.6 is 0 Å². The molecular formula is C19H17N3O. The van der Waals surface area contributed by atoms with E-state index in [1.54, 1.807) is 12.1 Å². The minimum atomic E-state index is 0.650. The van der Waals surface area contributed by atoms with Crippen LogP contribution in [0.15, 0.2) is 47.0 Å². The molecule has 23 heavy (non-hydrogen) atoms. The highest BCUT2D eigenvalue weighted by atomic mass is 16.5. The van der Waals surface area contributed by atoms with Crippen molar-refractivity contribution in [3.63, 3.8) is 0 Å². The van der Waals surface area contributed by atoms with Gasteiger partial charge in [-0.05, 0) is 62.2 Å². The maximum atomic E-state index is 8.87. The molecule has 1 aromatic heterocycles. The first kappa shape index (κ1) is 14.9. The third kappa shape index (κ3) is 2.95. The second-order valence-electron chi connectivity index (χ2n) is 5.54. The lowest BCUT2D eigenvalue weighted by atomic mass is 10.0. The number of hydrogen-bond acceptors (Lipinski definition) is 4. The molecule has 0 fully saturated rings. The topological polar surface area (TPSA) is 61.9 Å². The first-order valence-corrected chi connectivity index (χ1v) is 7.39. The summed E-state index contributed by atoms with van der Waals surface area (Å²) >= 11 is 0. The van der Waals surface area contributed by atoms with E-state index in [0.717, 1.165) is 39.5 Å². The molecule has 0 atom stereocenters. The molecular weight excluding hydrogens is 286 g/mol. The van der Waals surface area contributed by atoms with Crippen LogP contribution in [-0.4, -0.2) is 5.16 Å². The van der Waals surface area contributed by atoms with Crippen molar-refractivity contribution < 1.29 is 4.52 Å². The van der Waals surface area contributed by atoms with E-state index in [0.29, 0.717) is 5.56 Å². The van der Waals surface area contributed by atoms with E-state index in [2.05, 4.69) is 41.7 Å². The van der Waals surface area contributed by atoms with E-state index in [1.165, 1.54) is 0 Å². The van der Waals surface area contributed by atoms with Crippen molar-refractivity contribution in [3.8, 4) is 17.2 Å². The maximum Gasteiger partial charge on any atom is 0.141 e. The van der Waals surface area contributed by atoms with Crippen molar-refractivity contribution in [1.82, 2.24) is 5.16 Å². The first-order valence-electron chi connectivity index (χ1n) is 7.39. The Labute approximate surface area is 135 Å². The van der Waals surface area contributed by atoms with Gasteiger partial charge < -0.3 is 9.84 Å². The molecule has 0 bridgehead atoms. The molecule has 0 saturated heterocycles. The lowest BCUT2D eigenvalue weighted by Crippen LogP contribution is -1.94. The standard InChI is InChI=1S/C19H17N3O/c1-12-4-7-16(19-13(2)22-23-14(19)3)10-18(12)21-17-8-5-15(11-20)6-9-17/h4-10,21H,1-3H3. The molecule has 2 aromatic carbocycles. The predicted molar refractivity (Wildman–Crippen MR) is 90.6 cm³/mol. The average Bonchev–Trinajstić information content (AvgIpc) is 2.89. The lowest BCUT2D eigenvalue weighted by Gasteiger charge is -2.12. The largest absolute Gasteiger partial charge is 0.361 e. The van der Waals surface area contributed by atoms with Crippen LogP contribution in [0, 0.1) is 32.1 Å². The number of nitrogens with one attached hydrogen (secondary N) is 1. The number of nitriles is 1. The van der Waals surface area contributed by atoms with Crippen molar-refractivity contribution in [2.75, 3.05) is 5.32 Å². The van der Waals surface area contributed by atoms with E-state index < -0.39 is 0 Å². The molecule has 0 saturated carbocycles. The number of benzene rings is 2. The van der Waals surface area contributed by atoms with Crippen LogP contribution in [0.4, 0.5) is 11.4 Å².